The summed E-state index contributed by atoms with van der Waals surface area (Å²) in [7, 11) is 0. The molecule has 0 bridgehead atoms. The third-order valence-electron chi connectivity index (χ3n) is 3.70. The van der Waals surface area contributed by atoms with Gasteiger partial charge in [0.2, 0.25) is 5.91 Å². The topological polar surface area (TPSA) is 69.7 Å². The minimum absolute atomic E-state index is 0.178. The molecule has 0 spiro atoms. The molecule has 1 unspecified atom stereocenters. The van der Waals surface area contributed by atoms with E-state index in [0.29, 0.717) is 25.2 Å². The number of amides is 4. The van der Waals surface area contributed by atoms with Crippen LogP contribution in [0.3, 0.4) is 0 Å². The summed E-state index contributed by atoms with van der Waals surface area (Å²) in [5.74, 6) is -0.388. The lowest BCUT2D eigenvalue weighted by Crippen LogP contribution is -2.42. The number of benzene rings is 1. The average Bonchev–Trinajstić information content (AvgIpc) is 3.08. The first-order valence-electron chi connectivity index (χ1n) is 6.85. The van der Waals surface area contributed by atoms with Crippen LogP contribution in [0.25, 0.3) is 0 Å². The van der Waals surface area contributed by atoms with Gasteiger partial charge in [-0.2, -0.15) is 0 Å². The zero-order valence-corrected chi connectivity index (χ0v) is 12.4. The van der Waals surface area contributed by atoms with E-state index in [2.05, 4.69) is 5.32 Å². The number of hydrogen-bond donors (Lipinski definition) is 1. The van der Waals surface area contributed by atoms with Crippen LogP contribution in [0.4, 0.5) is 19.7 Å². The van der Waals surface area contributed by atoms with E-state index in [1.54, 1.807) is 4.90 Å². The number of hydrogen-bond acceptors (Lipinski definition) is 4. The van der Waals surface area contributed by atoms with Crippen LogP contribution < -0.4 is 5.32 Å². The number of halogens is 1. The summed E-state index contributed by atoms with van der Waals surface area (Å²) in [5.41, 5.74) is 0.499. The summed E-state index contributed by atoms with van der Waals surface area (Å²) in [6, 6.07) is 4.91. The van der Waals surface area contributed by atoms with E-state index in [1.165, 1.54) is 29.2 Å². The van der Waals surface area contributed by atoms with E-state index < -0.39 is 0 Å². The van der Waals surface area contributed by atoms with Gasteiger partial charge in [-0.05, 0) is 30.7 Å². The van der Waals surface area contributed by atoms with Crippen molar-refractivity contribution in [2.75, 3.05) is 24.2 Å². The first kappa shape index (κ1) is 14.8. The summed E-state index contributed by atoms with van der Waals surface area (Å²) < 4.78 is 12.8. The standard InChI is InChI=1S/C14H14FN3O3S/c15-9-1-3-10(4-2-9)16-13(20)17-6-5-11(7-17)18-12(19)8-22-14(18)21/h1-4,11H,5-8H2,(H,16,20). The van der Waals surface area contributed by atoms with Crippen LogP contribution in [0.2, 0.25) is 0 Å². The zero-order chi connectivity index (χ0) is 15.7. The van der Waals surface area contributed by atoms with Crippen molar-refractivity contribution in [3.8, 4) is 0 Å². The normalized spacial score (nSPS) is 21.6. The van der Waals surface area contributed by atoms with E-state index in [1.807, 2.05) is 0 Å². The highest BCUT2D eigenvalue weighted by Crippen LogP contribution is 2.26. The lowest BCUT2D eigenvalue weighted by atomic mass is 10.2. The number of thioether (sulfide) groups is 1. The van der Waals surface area contributed by atoms with Gasteiger partial charge in [0.15, 0.2) is 0 Å². The molecule has 22 heavy (non-hydrogen) atoms. The largest absolute Gasteiger partial charge is 0.322 e. The van der Waals surface area contributed by atoms with Gasteiger partial charge in [0.05, 0.1) is 11.8 Å². The second-order valence-corrected chi connectivity index (χ2v) is 6.07. The Kier molecular flexibility index (Phi) is 4.02. The maximum absolute atomic E-state index is 12.8. The molecule has 2 aliphatic rings. The van der Waals surface area contributed by atoms with Gasteiger partial charge in [-0.1, -0.05) is 11.8 Å². The molecular weight excluding hydrogens is 309 g/mol. The van der Waals surface area contributed by atoms with Gasteiger partial charge in [0.1, 0.15) is 5.82 Å². The smallest absolute Gasteiger partial charge is 0.321 e. The lowest BCUT2D eigenvalue weighted by Gasteiger charge is -2.22. The highest BCUT2D eigenvalue weighted by molar-refractivity contribution is 8.14. The third-order valence-corrected chi connectivity index (χ3v) is 4.53. The van der Waals surface area contributed by atoms with Gasteiger partial charge in [0, 0.05) is 18.8 Å². The average molecular weight is 323 g/mol. The Morgan fingerprint density at radius 2 is 2.00 bits per heavy atom. The number of urea groups is 1. The van der Waals surface area contributed by atoms with Crippen molar-refractivity contribution in [1.29, 1.82) is 0 Å². The molecule has 6 nitrogen and oxygen atoms in total. The van der Waals surface area contributed by atoms with Crippen LogP contribution in [0.15, 0.2) is 24.3 Å². The molecule has 4 amide bonds. The fraction of sp³-hybridized carbons (Fsp3) is 0.357. The maximum Gasteiger partial charge on any atom is 0.321 e. The van der Waals surface area contributed by atoms with Crippen molar-refractivity contribution in [3.05, 3.63) is 30.1 Å². The van der Waals surface area contributed by atoms with Gasteiger partial charge in [-0.15, -0.1) is 0 Å². The van der Waals surface area contributed by atoms with Gasteiger partial charge in [0.25, 0.3) is 5.24 Å². The number of nitrogens with zero attached hydrogens (tertiary/aromatic N) is 2. The quantitative estimate of drug-likeness (QED) is 0.905. The summed E-state index contributed by atoms with van der Waals surface area (Å²) in [5, 5.41) is 2.43. The number of rotatable bonds is 2. The molecule has 8 heteroatoms. The molecule has 1 aromatic carbocycles. The Bertz CT molecular complexity index is 606. The second-order valence-electron chi connectivity index (χ2n) is 5.14. The predicted octanol–water partition coefficient (Wildman–Crippen LogP) is 2.13. The zero-order valence-electron chi connectivity index (χ0n) is 11.6. The van der Waals surface area contributed by atoms with Gasteiger partial charge in [-0.25, -0.2) is 9.18 Å². The molecule has 116 valence electrons. The van der Waals surface area contributed by atoms with Gasteiger partial charge >= 0.3 is 6.03 Å². The molecule has 0 radical (unpaired) electrons. The Morgan fingerprint density at radius 1 is 1.27 bits per heavy atom. The van der Waals surface area contributed by atoms with Crippen molar-refractivity contribution in [2.45, 2.75) is 12.5 Å². The number of nitrogens with one attached hydrogen (secondary N) is 1. The van der Waals surface area contributed by atoms with Crippen LogP contribution in [0.5, 0.6) is 0 Å². The Labute approximate surface area is 130 Å². The second kappa shape index (κ2) is 5.96. The molecule has 2 heterocycles. The highest BCUT2D eigenvalue weighted by atomic mass is 32.2. The lowest BCUT2D eigenvalue weighted by molar-refractivity contribution is -0.126. The molecule has 3 rings (SSSR count). The van der Waals surface area contributed by atoms with Gasteiger partial charge < -0.3 is 10.2 Å². The van der Waals surface area contributed by atoms with Crippen LogP contribution in [-0.2, 0) is 4.79 Å². The molecule has 0 saturated carbocycles. The summed E-state index contributed by atoms with van der Waals surface area (Å²) in [4.78, 5) is 38.3. The van der Waals surface area contributed by atoms with E-state index in [9.17, 15) is 18.8 Å². The molecule has 0 aromatic heterocycles. The third kappa shape index (κ3) is 2.92. The maximum atomic E-state index is 12.8. The van der Waals surface area contributed by atoms with Crippen molar-refractivity contribution in [2.24, 2.45) is 0 Å². The van der Waals surface area contributed by atoms with E-state index in [0.717, 1.165) is 11.8 Å². The summed E-state index contributed by atoms with van der Waals surface area (Å²) >= 11 is 0.997. The van der Waals surface area contributed by atoms with Crippen molar-refractivity contribution >= 4 is 34.6 Å². The van der Waals surface area contributed by atoms with Crippen molar-refractivity contribution in [3.63, 3.8) is 0 Å². The SMILES string of the molecule is O=C(Nc1ccc(F)cc1)N1CCC(N2C(=O)CSC2=O)C1. The first-order valence-corrected chi connectivity index (χ1v) is 7.83. The molecule has 2 aliphatic heterocycles. The Hall–Kier alpha value is -2.09. The van der Waals surface area contributed by atoms with Gasteiger partial charge in [-0.3, -0.25) is 14.5 Å². The minimum atomic E-state index is -0.372. The Balaban J connectivity index is 1.60. The van der Waals surface area contributed by atoms with E-state index in [4.69, 9.17) is 0 Å². The molecule has 2 fully saturated rings. The molecule has 0 aliphatic carbocycles. The molecule has 2 saturated heterocycles. The van der Waals surface area contributed by atoms with Crippen molar-refractivity contribution in [1.82, 2.24) is 9.80 Å². The first-order chi connectivity index (χ1) is 10.5. The number of imide groups is 1. The fourth-order valence-electron chi connectivity index (χ4n) is 2.59. The van der Waals surface area contributed by atoms with Crippen LogP contribution >= 0.6 is 11.8 Å². The summed E-state index contributed by atoms with van der Waals surface area (Å²) in [6.07, 6.45) is 0.578. The van der Waals surface area contributed by atoms with Crippen molar-refractivity contribution < 1.29 is 18.8 Å². The van der Waals surface area contributed by atoms with Crippen LogP contribution in [0.1, 0.15) is 6.42 Å². The monoisotopic (exact) mass is 323 g/mol. The fourth-order valence-corrected chi connectivity index (χ4v) is 3.37. The molecule has 1 aromatic rings. The molecule has 1 atom stereocenters. The molecular formula is C14H14FN3O3S. The summed E-state index contributed by atoms with van der Waals surface area (Å²) in [6.45, 7) is 0.796. The number of likely N-dealkylation sites (tertiary alicyclic amines) is 1. The highest BCUT2D eigenvalue weighted by Gasteiger charge is 2.40. The van der Waals surface area contributed by atoms with E-state index in [-0.39, 0.29) is 34.8 Å². The minimum Gasteiger partial charge on any atom is -0.322 e. The van der Waals surface area contributed by atoms with Crippen LogP contribution in [-0.4, -0.2) is 51.9 Å². The number of carbonyl (C=O) groups excluding carboxylic acids is 3. The number of carbonyl (C=O) groups is 3. The van der Waals surface area contributed by atoms with Crippen LogP contribution in [0, 0.1) is 5.82 Å². The number of anilines is 1. The van der Waals surface area contributed by atoms with E-state index >= 15 is 0 Å². The predicted molar refractivity (Wildman–Crippen MR) is 80.1 cm³/mol. The molecule has 1 N–H and O–H groups in total. The Morgan fingerprint density at radius 3 is 2.64 bits per heavy atom.